The Morgan fingerprint density at radius 2 is 1.93 bits per heavy atom. The maximum atomic E-state index is 12.6. The quantitative estimate of drug-likeness (QED) is 0.581. The Bertz CT molecular complexity index is 896. The molecule has 4 nitrogen and oxygen atoms in total. The van der Waals surface area contributed by atoms with Crippen molar-refractivity contribution < 1.29 is 9.21 Å². The number of rotatable bonds is 6. The summed E-state index contributed by atoms with van der Waals surface area (Å²) in [5, 5.41) is 4.04. The zero-order chi connectivity index (χ0) is 19.3. The van der Waals surface area contributed by atoms with Crippen LogP contribution in [-0.4, -0.2) is 23.9 Å². The van der Waals surface area contributed by atoms with E-state index in [1.807, 2.05) is 0 Å². The summed E-state index contributed by atoms with van der Waals surface area (Å²) >= 11 is 1.67. The zero-order valence-corrected chi connectivity index (χ0v) is 17.0. The number of thiophene rings is 1. The van der Waals surface area contributed by atoms with Gasteiger partial charge in [0.05, 0.1) is 12.3 Å². The van der Waals surface area contributed by atoms with Crippen molar-refractivity contribution in [1.29, 1.82) is 0 Å². The van der Waals surface area contributed by atoms with Gasteiger partial charge in [-0.2, -0.15) is 0 Å². The van der Waals surface area contributed by atoms with Gasteiger partial charge in [-0.05, 0) is 56.1 Å². The number of benzene rings is 1. The second-order valence-corrected chi connectivity index (χ2v) is 8.33. The predicted octanol–water partition coefficient (Wildman–Crippen LogP) is 5.73. The maximum Gasteiger partial charge on any atom is 0.291 e. The van der Waals surface area contributed by atoms with E-state index in [2.05, 4.69) is 53.5 Å². The number of amides is 1. The Hall–Kier alpha value is -2.37. The van der Waals surface area contributed by atoms with E-state index >= 15 is 0 Å². The van der Waals surface area contributed by atoms with Crippen LogP contribution in [0.1, 0.15) is 58.8 Å². The summed E-state index contributed by atoms with van der Waals surface area (Å²) < 4.78 is 5.28. The first-order valence-corrected chi connectivity index (χ1v) is 10.8. The van der Waals surface area contributed by atoms with E-state index in [4.69, 9.17) is 4.42 Å². The number of furan rings is 1. The molecule has 1 amide bonds. The number of nitrogens with one attached hydrogen (secondary N) is 1. The average Bonchev–Trinajstić information content (AvgIpc) is 3.41. The van der Waals surface area contributed by atoms with E-state index in [9.17, 15) is 4.79 Å². The number of carbonyl (C=O) groups is 1. The van der Waals surface area contributed by atoms with E-state index < -0.39 is 0 Å². The molecule has 28 heavy (non-hydrogen) atoms. The lowest BCUT2D eigenvalue weighted by Gasteiger charge is -2.35. The smallest absolute Gasteiger partial charge is 0.291 e. The summed E-state index contributed by atoms with van der Waals surface area (Å²) in [6.07, 6.45) is 6.23. The predicted molar refractivity (Wildman–Crippen MR) is 114 cm³/mol. The maximum absolute atomic E-state index is 12.6. The standard InChI is InChI=1S/C23H26N2O2S/c1-2-18-16-19(23(28-18)24-22(26)20-12-9-15-27-20)21(17-10-5-3-6-11-17)25-13-7-4-8-14-25/h3,5-6,9-12,15-16,21H,2,4,7-8,13-14H2,1H3,(H,24,26)/t21-/m0/s1. The van der Waals surface area contributed by atoms with Gasteiger partial charge in [0.15, 0.2) is 5.76 Å². The lowest BCUT2D eigenvalue weighted by Crippen LogP contribution is -2.34. The van der Waals surface area contributed by atoms with Gasteiger partial charge in [-0.25, -0.2) is 0 Å². The number of nitrogens with zero attached hydrogens (tertiary/aromatic N) is 1. The largest absolute Gasteiger partial charge is 0.459 e. The monoisotopic (exact) mass is 394 g/mol. The van der Waals surface area contributed by atoms with E-state index in [0.717, 1.165) is 24.5 Å². The van der Waals surface area contributed by atoms with Crippen LogP contribution in [0.4, 0.5) is 5.00 Å². The molecule has 1 fully saturated rings. The Labute approximate surface area is 170 Å². The van der Waals surface area contributed by atoms with Crippen LogP contribution >= 0.6 is 11.3 Å². The van der Waals surface area contributed by atoms with Crippen LogP contribution in [0, 0.1) is 0 Å². The Balaban J connectivity index is 1.72. The first-order valence-electron chi connectivity index (χ1n) is 10.0. The number of likely N-dealkylation sites (tertiary alicyclic amines) is 1. The lowest BCUT2D eigenvalue weighted by atomic mass is 9.96. The molecule has 0 radical (unpaired) electrons. The van der Waals surface area contributed by atoms with Gasteiger partial charge < -0.3 is 9.73 Å². The van der Waals surface area contributed by atoms with Crippen LogP contribution in [0.5, 0.6) is 0 Å². The molecule has 3 heterocycles. The van der Waals surface area contributed by atoms with Crippen LogP contribution < -0.4 is 5.32 Å². The topological polar surface area (TPSA) is 45.5 Å². The highest BCUT2D eigenvalue weighted by Gasteiger charge is 2.28. The van der Waals surface area contributed by atoms with Crippen LogP contribution in [0.25, 0.3) is 0 Å². The van der Waals surface area contributed by atoms with Crippen molar-refractivity contribution in [3.63, 3.8) is 0 Å². The molecular formula is C23H26N2O2S. The summed E-state index contributed by atoms with van der Waals surface area (Å²) in [5.74, 6) is 0.146. The number of aryl methyl sites for hydroxylation is 1. The summed E-state index contributed by atoms with van der Waals surface area (Å²) in [6.45, 7) is 4.33. The Kier molecular flexibility index (Phi) is 5.93. The molecule has 0 unspecified atom stereocenters. The summed E-state index contributed by atoms with van der Waals surface area (Å²) in [4.78, 5) is 16.5. The van der Waals surface area contributed by atoms with Crippen molar-refractivity contribution in [3.8, 4) is 0 Å². The first-order chi connectivity index (χ1) is 13.8. The fourth-order valence-corrected chi connectivity index (χ4v) is 4.93. The van der Waals surface area contributed by atoms with Gasteiger partial charge in [-0.3, -0.25) is 9.69 Å². The number of anilines is 1. The molecule has 146 valence electrons. The fraction of sp³-hybridized carbons (Fsp3) is 0.348. The molecule has 0 bridgehead atoms. The van der Waals surface area contributed by atoms with Gasteiger partial charge in [0.2, 0.25) is 0 Å². The molecule has 2 aromatic heterocycles. The second kappa shape index (κ2) is 8.76. The number of hydrogen-bond acceptors (Lipinski definition) is 4. The molecule has 1 aliphatic rings. The van der Waals surface area contributed by atoms with Crippen molar-refractivity contribution in [1.82, 2.24) is 4.90 Å². The van der Waals surface area contributed by atoms with Crippen molar-refractivity contribution in [2.75, 3.05) is 18.4 Å². The molecule has 3 aromatic rings. The molecule has 5 heteroatoms. The van der Waals surface area contributed by atoms with E-state index in [1.54, 1.807) is 23.5 Å². The van der Waals surface area contributed by atoms with Gasteiger partial charge in [0.1, 0.15) is 5.00 Å². The number of hydrogen-bond donors (Lipinski definition) is 1. The molecule has 1 N–H and O–H groups in total. The van der Waals surface area contributed by atoms with Crippen molar-refractivity contribution >= 4 is 22.2 Å². The van der Waals surface area contributed by atoms with Gasteiger partial charge in [-0.15, -0.1) is 11.3 Å². The van der Waals surface area contributed by atoms with Gasteiger partial charge in [0.25, 0.3) is 5.91 Å². The fourth-order valence-electron chi connectivity index (χ4n) is 3.90. The summed E-state index contributed by atoms with van der Waals surface area (Å²) in [6, 6.07) is 16.5. The number of piperidine rings is 1. The van der Waals surface area contributed by atoms with Gasteiger partial charge >= 0.3 is 0 Å². The van der Waals surface area contributed by atoms with Crippen LogP contribution in [0.15, 0.2) is 59.2 Å². The summed E-state index contributed by atoms with van der Waals surface area (Å²) in [7, 11) is 0. The minimum absolute atomic E-state index is 0.157. The molecule has 0 spiro atoms. The second-order valence-electron chi connectivity index (χ2n) is 7.19. The minimum Gasteiger partial charge on any atom is -0.459 e. The molecule has 1 atom stereocenters. The minimum atomic E-state index is -0.193. The highest BCUT2D eigenvalue weighted by atomic mass is 32.1. The van der Waals surface area contributed by atoms with Crippen molar-refractivity contribution in [2.24, 2.45) is 0 Å². The van der Waals surface area contributed by atoms with E-state index in [-0.39, 0.29) is 11.9 Å². The lowest BCUT2D eigenvalue weighted by molar-refractivity contribution is 0.0996. The van der Waals surface area contributed by atoms with Crippen LogP contribution in [0.3, 0.4) is 0 Å². The van der Waals surface area contributed by atoms with Crippen LogP contribution in [0.2, 0.25) is 0 Å². The third kappa shape index (κ3) is 4.05. The molecule has 0 saturated carbocycles. The average molecular weight is 395 g/mol. The molecule has 1 saturated heterocycles. The number of carbonyl (C=O) groups excluding carboxylic acids is 1. The first kappa shape index (κ1) is 19.0. The third-order valence-electron chi connectivity index (χ3n) is 5.30. The summed E-state index contributed by atoms with van der Waals surface area (Å²) in [5.41, 5.74) is 2.47. The van der Waals surface area contributed by atoms with Crippen LogP contribution in [-0.2, 0) is 6.42 Å². The third-order valence-corrected chi connectivity index (χ3v) is 6.51. The molecular weight excluding hydrogens is 368 g/mol. The normalized spacial score (nSPS) is 16.0. The zero-order valence-electron chi connectivity index (χ0n) is 16.2. The van der Waals surface area contributed by atoms with Crippen molar-refractivity contribution in [2.45, 2.75) is 38.6 Å². The highest BCUT2D eigenvalue weighted by molar-refractivity contribution is 7.16. The van der Waals surface area contributed by atoms with E-state index in [1.165, 1.54) is 41.5 Å². The molecule has 1 aliphatic heterocycles. The molecule has 0 aliphatic carbocycles. The van der Waals surface area contributed by atoms with Gasteiger partial charge in [0, 0.05) is 10.4 Å². The Morgan fingerprint density at radius 1 is 1.14 bits per heavy atom. The Morgan fingerprint density at radius 3 is 2.61 bits per heavy atom. The molecule has 1 aromatic carbocycles. The van der Waals surface area contributed by atoms with Gasteiger partial charge in [-0.1, -0.05) is 43.7 Å². The molecule has 4 rings (SSSR count). The SMILES string of the molecule is CCc1cc([C@H](c2ccccc2)N2CCCCC2)c(NC(=O)c2ccco2)s1. The van der Waals surface area contributed by atoms with E-state index in [0.29, 0.717) is 5.76 Å². The highest BCUT2D eigenvalue weighted by Crippen LogP contribution is 2.40. The van der Waals surface area contributed by atoms with Crippen molar-refractivity contribution in [3.05, 3.63) is 76.6 Å².